The predicted octanol–water partition coefficient (Wildman–Crippen LogP) is 3.54. The summed E-state index contributed by atoms with van der Waals surface area (Å²) in [6.45, 7) is 6.33. The minimum atomic E-state index is -0.224. The van der Waals surface area contributed by atoms with Crippen molar-refractivity contribution in [3.63, 3.8) is 0 Å². The van der Waals surface area contributed by atoms with Crippen LogP contribution in [0, 0.1) is 0 Å². The first-order valence-electron chi connectivity index (χ1n) is 5.73. The van der Waals surface area contributed by atoms with E-state index in [0.717, 1.165) is 16.1 Å². The van der Waals surface area contributed by atoms with E-state index in [4.69, 9.17) is 17.3 Å². The fraction of sp³-hybridized carbons (Fsp3) is 0.385. The lowest BCUT2D eigenvalue weighted by atomic mass is 9.89. The van der Waals surface area contributed by atoms with Crippen LogP contribution in [0.4, 0.5) is 0 Å². The standard InChI is InChI=1S/C13H16ClN3S/c1-13(2,3)12-11(18-17-16-12)10(15)8-5-4-6-9(14)7-8/h4-7,10H,15H2,1-3H3. The van der Waals surface area contributed by atoms with Crippen molar-refractivity contribution in [1.29, 1.82) is 0 Å². The Hall–Kier alpha value is -0.970. The van der Waals surface area contributed by atoms with E-state index >= 15 is 0 Å². The summed E-state index contributed by atoms with van der Waals surface area (Å²) < 4.78 is 4.04. The molecule has 0 radical (unpaired) electrons. The Morgan fingerprint density at radius 1 is 1.33 bits per heavy atom. The van der Waals surface area contributed by atoms with E-state index in [2.05, 4.69) is 30.4 Å². The molecular formula is C13H16ClN3S. The molecule has 18 heavy (non-hydrogen) atoms. The van der Waals surface area contributed by atoms with Gasteiger partial charge in [-0.25, -0.2) is 0 Å². The number of benzene rings is 1. The van der Waals surface area contributed by atoms with Gasteiger partial charge in [-0.2, -0.15) is 0 Å². The number of hydrogen-bond acceptors (Lipinski definition) is 4. The molecule has 1 aromatic heterocycles. The summed E-state index contributed by atoms with van der Waals surface area (Å²) in [4.78, 5) is 1.00. The molecule has 0 amide bonds. The van der Waals surface area contributed by atoms with Crippen LogP contribution >= 0.6 is 23.1 Å². The maximum atomic E-state index is 6.30. The number of halogens is 1. The minimum absolute atomic E-state index is 0.0570. The maximum Gasteiger partial charge on any atom is 0.0860 e. The minimum Gasteiger partial charge on any atom is -0.319 e. The van der Waals surface area contributed by atoms with Crippen molar-refractivity contribution in [1.82, 2.24) is 9.59 Å². The topological polar surface area (TPSA) is 51.8 Å². The van der Waals surface area contributed by atoms with Gasteiger partial charge in [0.05, 0.1) is 16.6 Å². The van der Waals surface area contributed by atoms with Gasteiger partial charge in [-0.05, 0) is 29.2 Å². The zero-order chi connectivity index (χ0) is 13.3. The molecule has 0 saturated heterocycles. The fourth-order valence-corrected chi connectivity index (χ4v) is 2.87. The summed E-state index contributed by atoms with van der Waals surface area (Å²) in [5.41, 5.74) is 8.19. The Kier molecular flexibility index (Phi) is 3.71. The van der Waals surface area contributed by atoms with Crippen LogP contribution in [0.5, 0.6) is 0 Å². The molecule has 0 fully saturated rings. The lowest BCUT2D eigenvalue weighted by Crippen LogP contribution is -2.19. The average molecular weight is 282 g/mol. The van der Waals surface area contributed by atoms with Crippen LogP contribution in [0.1, 0.15) is 42.9 Å². The molecule has 2 rings (SSSR count). The predicted molar refractivity (Wildman–Crippen MR) is 76.1 cm³/mol. The van der Waals surface area contributed by atoms with Gasteiger partial charge >= 0.3 is 0 Å². The summed E-state index contributed by atoms with van der Waals surface area (Å²) in [6, 6.07) is 7.38. The third-order valence-electron chi connectivity index (χ3n) is 2.71. The quantitative estimate of drug-likeness (QED) is 0.916. The Bertz CT molecular complexity index is 545. The summed E-state index contributed by atoms with van der Waals surface area (Å²) in [5, 5.41) is 4.90. The van der Waals surface area contributed by atoms with Crippen LogP contribution in [-0.2, 0) is 5.41 Å². The number of nitrogens with two attached hydrogens (primary N) is 1. The van der Waals surface area contributed by atoms with Gasteiger partial charge in [0.15, 0.2) is 0 Å². The number of rotatable bonds is 2. The number of nitrogens with zero attached hydrogens (tertiary/aromatic N) is 2. The van der Waals surface area contributed by atoms with Crippen LogP contribution in [-0.4, -0.2) is 9.59 Å². The van der Waals surface area contributed by atoms with Crippen LogP contribution in [0.25, 0.3) is 0 Å². The SMILES string of the molecule is CC(C)(C)c1nnsc1C(N)c1cccc(Cl)c1. The largest absolute Gasteiger partial charge is 0.319 e. The van der Waals surface area contributed by atoms with E-state index in [-0.39, 0.29) is 11.5 Å². The van der Waals surface area contributed by atoms with E-state index in [9.17, 15) is 0 Å². The molecule has 1 heterocycles. The highest BCUT2D eigenvalue weighted by Gasteiger charge is 2.26. The summed E-state index contributed by atoms with van der Waals surface area (Å²) >= 11 is 7.35. The lowest BCUT2D eigenvalue weighted by Gasteiger charge is -2.19. The molecular weight excluding hydrogens is 266 g/mol. The first-order chi connectivity index (χ1) is 8.39. The van der Waals surface area contributed by atoms with Gasteiger partial charge in [0.2, 0.25) is 0 Å². The summed E-state index contributed by atoms with van der Waals surface area (Å²) in [5.74, 6) is 0. The molecule has 2 N–H and O–H groups in total. The lowest BCUT2D eigenvalue weighted by molar-refractivity contribution is 0.556. The highest BCUT2D eigenvalue weighted by molar-refractivity contribution is 7.05. The Morgan fingerprint density at radius 2 is 2.06 bits per heavy atom. The molecule has 0 aliphatic carbocycles. The molecule has 0 spiro atoms. The zero-order valence-electron chi connectivity index (χ0n) is 10.6. The fourth-order valence-electron chi connectivity index (χ4n) is 1.77. The van der Waals surface area contributed by atoms with E-state index in [1.165, 1.54) is 11.5 Å². The molecule has 5 heteroatoms. The smallest absolute Gasteiger partial charge is 0.0860 e. The van der Waals surface area contributed by atoms with Gasteiger partial charge in [-0.15, -0.1) is 5.10 Å². The van der Waals surface area contributed by atoms with Gasteiger partial charge in [0, 0.05) is 10.4 Å². The highest BCUT2D eigenvalue weighted by atomic mass is 35.5. The summed E-state index contributed by atoms with van der Waals surface area (Å²) in [7, 11) is 0. The van der Waals surface area contributed by atoms with Gasteiger partial charge in [-0.1, -0.05) is 49.0 Å². The molecule has 1 unspecified atom stereocenters. The Balaban J connectivity index is 2.41. The second kappa shape index (κ2) is 4.96. The van der Waals surface area contributed by atoms with Gasteiger partial charge in [0.25, 0.3) is 0 Å². The van der Waals surface area contributed by atoms with Gasteiger partial charge in [-0.3, -0.25) is 0 Å². The second-order valence-electron chi connectivity index (χ2n) is 5.27. The molecule has 2 aromatic rings. The zero-order valence-corrected chi connectivity index (χ0v) is 12.2. The molecule has 0 aliphatic heterocycles. The molecule has 96 valence electrons. The van der Waals surface area contributed by atoms with Crippen molar-refractivity contribution in [2.24, 2.45) is 5.73 Å². The van der Waals surface area contributed by atoms with Crippen LogP contribution in [0.15, 0.2) is 24.3 Å². The first-order valence-corrected chi connectivity index (χ1v) is 6.88. The second-order valence-corrected chi connectivity index (χ2v) is 6.49. The van der Waals surface area contributed by atoms with Crippen molar-refractivity contribution in [3.8, 4) is 0 Å². The Morgan fingerprint density at radius 3 is 2.67 bits per heavy atom. The maximum absolute atomic E-state index is 6.30. The molecule has 0 saturated carbocycles. The highest BCUT2D eigenvalue weighted by Crippen LogP contribution is 2.32. The van der Waals surface area contributed by atoms with Crippen LogP contribution in [0.3, 0.4) is 0 Å². The van der Waals surface area contributed by atoms with E-state index in [0.29, 0.717) is 5.02 Å². The van der Waals surface area contributed by atoms with E-state index in [1.54, 1.807) is 0 Å². The monoisotopic (exact) mass is 281 g/mol. The van der Waals surface area contributed by atoms with Crippen molar-refractivity contribution >= 4 is 23.1 Å². The normalized spacial score (nSPS) is 13.6. The van der Waals surface area contributed by atoms with Crippen molar-refractivity contribution in [3.05, 3.63) is 45.4 Å². The third kappa shape index (κ3) is 2.71. The van der Waals surface area contributed by atoms with Crippen molar-refractivity contribution in [2.75, 3.05) is 0 Å². The summed E-state index contributed by atoms with van der Waals surface area (Å²) in [6.07, 6.45) is 0. The van der Waals surface area contributed by atoms with E-state index in [1.807, 2.05) is 24.3 Å². The third-order valence-corrected chi connectivity index (χ3v) is 3.76. The van der Waals surface area contributed by atoms with Crippen LogP contribution in [0.2, 0.25) is 5.02 Å². The molecule has 1 aromatic carbocycles. The van der Waals surface area contributed by atoms with E-state index < -0.39 is 0 Å². The number of hydrogen-bond donors (Lipinski definition) is 1. The molecule has 0 bridgehead atoms. The molecule has 3 nitrogen and oxygen atoms in total. The first kappa shape index (κ1) is 13.5. The Labute approximate surface area is 116 Å². The number of aromatic nitrogens is 2. The molecule has 1 atom stereocenters. The molecule has 0 aliphatic rings. The van der Waals surface area contributed by atoms with Crippen molar-refractivity contribution < 1.29 is 0 Å². The van der Waals surface area contributed by atoms with Crippen molar-refractivity contribution in [2.45, 2.75) is 32.2 Å². The van der Waals surface area contributed by atoms with Gasteiger partial charge in [0.1, 0.15) is 0 Å². The van der Waals surface area contributed by atoms with Gasteiger partial charge < -0.3 is 5.73 Å². The average Bonchev–Trinajstić information content (AvgIpc) is 2.76. The van der Waals surface area contributed by atoms with Crippen LogP contribution < -0.4 is 5.73 Å².